The van der Waals surface area contributed by atoms with Crippen molar-refractivity contribution >= 4 is 0 Å². The average molecular weight is 392 g/mol. The van der Waals surface area contributed by atoms with Crippen LogP contribution in [0.15, 0.2) is 24.3 Å². The van der Waals surface area contributed by atoms with Crippen LogP contribution >= 0.6 is 0 Å². The Morgan fingerprint density at radius 2 is 1.61 bits per heavy atom. The molecule has 0 aliphatic carbocycles. The van der Waals surface area contributed by atoms with Gasteiger partial charge in [-0.05, 0) is 65.2 Å². The lowest BCUT2D eigenvalue weighted by Crippen LogP contribution is -2.64. The summed E-state index contributed by atoms with van der Waals surface area (Å²) < 4.78 is 10.9. The number of hydroxylamine groups is 2. The summed E-state index contributed by atoms with van der Waals surface area (Å²) >= 11 is 0. The molecule has 0 bridgehead atoms. The molecular weight excluding hydrogens is 358 g/mol. The van der Waals surface area contributed by atoms with E-state index in [-0.39, 0.29) is 28.7 Å². The Morgan fingerprint density at radius 3 is 2.14 bits per heavy atom. The molecule has 0 saturated carbocycles. The Kier molecular flexibility index (Phi) is 5.21. The molecule has 0 radical (unpaired) electrons. The summed E-state index contributed by atoms with van der Waals surface area (Å²) in [6, 6.07) is 8.17. The van der Waals surface area contributed by atoms with Crippen molar-refractivity contribution in [1.82, 2.24) is 5.06 Å². The minimum atomic E-state index is -0.125. The topological polar surface area (TPSA) is 52.7 Å². The third kappa shape index (κ3) is 4.21. The second-order valence-electron chi connectivity index (χ2n) is 9.88. The second-order valence-corrected chi connectivity index (χ2v) is 9.88. The molecule has 28 heavy (non-hydrogen) atoms. The zero-order valence-electron chi connectivity index (χ0n) is 17.7. The zero-order chi connectivity index (χ0) is 20.0. The molecule has 1 aromatic rings. The maximum Gasteiger partial charge on any atom is 0.119 e. The first-order chi connectivity index (χ1) is 13.2. The van der Waals surface area contributed by atoms with E-state index in [1.165, 1.54) is 0 Å². The molecule has 0 N–H and O–H groups in total. The van der Waals surface area contributed by atoms with Crippen LogP contribution in [0.2, 0.25) is 0 Å². The number of hydrogen-bond acceptors (Lipinski definition) is 6. The van der Waals surface area contributed by atoms with E-state index in [0.717, 1.165) is 30.8 Å². The monoisotopic (exact) mass is 391 g/mol. The van der Waals surface area contributed by atoms with Crippen molar-refractivity contribution in [2.75, 3.05) is 26.4 Å². The van der Waals surface area contributed by atoms with Gasteiger partial charge in [0, 0.05) is 16.5 Å². The molecule has 6 heteroatoms. The van der Waals surface area contributed by atoms with Crippen LogP contribution in [0.4, 0.5) is 0 Å². The van der Waals surface area contributed by atoms with Gasteiger partial charge < -0.3 is 9.47 Å². The van der Waals surface area contributed by atoms with Crippen molar-refractivity contribution in [3.63, 3.8) is 0 Å². The third-order valence-corrected chi connectivity index (χ3v) is 5.98. The summed E-state index contributed by atoms with van der Waals surface area (Å²) in [6.45, 7) is 13.9. The zero-order valence-corrected chi connectivity index (χ0v) is 17.7. The van der Waals surface area contributed by atoms with Crippen LogP contribution in [0, 0.1) is 5.41 Å². The van der Waals surface area contributed by atoms with Gasteiger partial charge in [0.05, 0.1) is 19.8 Å². The highest BCUT2D eigenvalue weighted by Gasteiger charge is 2.55. The van der Waals surface area contributed by atoms with Crippen LogP contribution in [0.5, 0.6) is 5.75 Å². The van der Waals surface area contributed by atoms with Crippen LogP contribution in [0.3, 0.4) is 0 Å². The predicted octanol–water partition coefficient (Wildman–Crippen LogP) is 4.06. The van der Waals surface area contributed by atoms with Crippen LogP contribution in [0.1, 0.15) is 59.1 Å². The van der Waals surface area contributed by atoms with Crippen molar-refractivity contribution in [2.45, 2.75) is 70.7 Å². The Hall–Kier alpha value is -1.18. The standard InChI is InChI=1S/C22H33NO5/c1-16(17-6-8-18(9-7-17)24-10-19-11-25-19)28-23-20(2,3)12-22(13-21(23,4)5)14-26-27-15-22/h6-9,16,19H,10-15H2,1-5H3. The van der Waals surface area contributed by atoms with E-state index in [2.05, 4.69) is 51.8 Å². The molecular formula is C22H33NO5. The molecule has 3 saturated heterocycles. The Bertz CT molecular complexity index is 657. The van der Waals surface area contributed by atoms with Gasteiger partial charge in [-0.25, -0.2) is 9.78 Å². The van der Waals surface area contributed by atoms with Crippen molar-refractivity contribution in [2.24, 2.45) is 5.41 Å². The molecule has 156 valence electrons. The van der Waals surface area contributed by atoms with Gasteiger partial charge in [-0.1, -0.05) is 12.1 Å². The van der Waals surface area contributed by atoms with Gasteiger partial charge in [0.15, 0.2) is 0 Å². The molecule has 1 spiro atoms. The SMILES string of the molecule is CC(ON1C(C)(C)CC2(COOC2)CC1(C)C)c1ccc(OCC2CO2)cc1. The lowest BCUT2D eigenvalue weighted by atomic mass is 9.66. The predicted molar refractivity (Wildman–Crippen MR) is 105 cm³/mol. The van der Waals surface area contributed by atoms with Gasteiger partial charge in [0.25, 0.3) is 0 Å². The van der Waals surface area contributed by atoms with Crippen LogP contribution in [0.25, 0.3) is 0 Å². The van der Waals surface area contributed by atoms with Gasteiger partial charge in [-0.15, -0.1) is 0 Å². The molecule has 3 fully saturated rings. The molecule has 2 unspecified atom stereocenters. The van der Waals surface area contributed by atoms with E-state index in [4.69, 9.17) is 24.1 Å². The lowest BCUT2D eigenvalue weighted by molar-refractivity contribution is -0.317. The van der Waals surface area contributed by atoms with E-state index in [0.29, 0.717) is 19.8 Å². The number of ether oxygens (including phenoxy) is 2. The van der Waals surface area contributed by atoms with E-state index >= 15 is 0 Å². The minimum absolute atomic E-state index is 0.0514. The summed E-state index contributed by atoms with van der Waals surface area (Å²) in [7, 11) is 0. The number of piperidine rings is 1. The summed E-state index contributed by atoms with van der Waals surface area (Å²) in [6.07, 6.45) is 2.17. The smallest absolute Gasteiger partial charge is 0.119 e. The maximum atomic E-state index is 6.55. The third-order valence-electron chi connectivity index (χ3n) is 5.98. The molecule has 0 aromatic heterocycles. The molecule has 6 nitrogen and oxygen atoms in total. The first-order valence-corrected chi connectivity index (χ1v) is 10.3. The molecule has 3 aliphatic heterocycles. The molecule has 0 amide bonds. The summed E-state index contributed by atoms with van der Waals surface area (Å²) in [5.41, 5.74) is 0.954. The van der Waals surface area contributed by atoms with Gasteiger partial charge in [0.1, 0.15) is 24.6 Å². The van der Waals surface area contributed by atoms with E-state index < -0.39 is 0 Å². The fourth-order valence-electron chi connectivity index (χ4n) is 5.13. The Labute approximate surface area is 167 Å². The van der Waals surface area contributed by atoms with Gasteiger partial charge in [-0.3, -0.25) is 4.84 Å². The van der Waals surface area contributed by atoms with Gasteiger partial charge in [-0.2, -0.15) is 5.06 Å². The highest BCUT2D eigenvalue weighted by atomic mass is 17.2. The number of rotatable bonds is 6. The molecule has 3 heterocycles. The Morgan fingerprint density at radius 1 is 1.04 bits per heavy atom. The van der Waals surface area contributed by atoms with Crippen LogP contribution in [-0.2, 0) is 19.3 Å². The summed E-state index contributed by atoms with van der Waals surface area (Å²) in [5, 5.41) is 2.20. The highest BCUT2D eigenvalue weighted by molar-refractivity contribution is 5.28. The molecule has 2 atom stereocenters. The second kappa shape index (κ2) is 7.26. The summed E-state index contributed by atoms with van der Waals surface area (Å²) in [5.74, 6) is 0.869. The minimum Gasteiger partial charge on any atom is -0.491 e. The Balaban J connectivity index is 1.43. The van der Waals surface area contributed by atoms with Crippen LogP contribution < -0.4 is 4.74 Å². The largest absolute Gasteiger partial charge is 0.491 e. The fourth-order valence-corrected chi connectivity index (χ4v) is 5.13. The quantitative estimate of drug-likeness (QED) is 0.538. The maximum absolute atomic E-state index is 6.55. The van der Waals surface area contributed by atoms with Crippen LogP contribution in [-0.4, -0.2) is 48.7 Å². The van der Waals surface area contributed by atoms with Gasteiger partial charge in [0.2, 0.25) is 0 Å². The average Bonchev–Trinajstić information content (AvgIpc) is 3.36. The number of nitrogens with zero attached hydrogens (tertiary/aromatic N) is 1. The van der Waals surface area contributed by atoms with Crippen molar-refractivity contribution < 1.29 is 24.1 Å². The van der Waals surface area contributed by atoms with Crippen molar-refractivity contribution in [3.8, 4) is 5.75 Å². The van der Waals surface area contributed by atoms with E-state index in [9.17, 15) is 0 Å². The fraction of sp³-hybridized carbons (Fsp3) is 0.727. The highest BCUT2D eigenvalue weighted by Crippen LogP contribution is 2.51. The number of benzene rings is 1. The molecule has 1 aromatic carbocycles. The molecule has 3 aliphatic rings. The van der Waals surface area contributed by atoms with E-state index in [1.807, 2.05) is 12.1 Å². The normalized spacial score (nSPS) is 29.0. The van der Waals surface area contributed by atoms with Crippen molar-refractivity contribution in [1.29, 1.82) is 0 Å². The summed E-state index contributed by atoms with van der Waals surface area (Å²) in [4.78, 5) is 17.1. The number of epoxide rings is 1. The lowest BCUT2D eigenvalue weighted by Gasteiger charge is -2.57. The number of hydrogen-bond donors (Lipinski definition) is 0. The first kappa shape index (κ1) is 20.1. The van der Waals surface area contributed by atoms with E-state index in [1.54, 1.807) is 0 Å². The molecule has 4 rings (SSSR count). The van der Waals surface area contributed by atoms with Gasteiger partial charge >= 0.3 is 0 Å². The van der Waals surface area contributed by atoms with Crippen molar-refractivity contribution in [3.05, 3.63) is 29.8 Å². The first-order valence-electron chi connectivity index (χ1n) is 10.3.